The molecule has 0 radical (unpaired) electrons. The Bertz CT molecular complexity index is 778. The highest BCUT2D eigenvalue weighted by Gasteiger charge is 2.18. The van der Waals surface area contributed by atoms with Crippen LogP contribution in [-0.4, -0.2) is 25.7 Å². The molecule has 1 heterocycles. The standard InChI is InChI=1S/C15H18N2O4S/c1-10(2)13-8-11(21-17-13)9-16-15(18)12-6-4-5-7-14(12)22(3,19)20/h4-8,10H,9H2,1-3H3,(H,16,18). The minimum Gasteiger partial charge on any atom is -0.359 e. The summed E-state index contributed by atoms with van der Waals surface area (Å²) in [4.78, 5) is 12.2. The summed E-state index contributed by atoms with van der Waals surface area (Å²) in [5.41, 5.74) is 0.925. The maximum atomic E-state index is 12.2. The first kappa shape index (κ1) is 16.2. The summed E-state index contributed by atoms with van der Waals surface area (Å²) < 4.78 is 28.5. The molecule has 0 fully saturated rings. The number of aromatic nitrogens is 1. The van der Waals surface area contributed by atoms with Crippen molar-refractivity contribution in [3.8, 4) is 0 Å². The second-order valence-electron chi connectivity index (χ2n) is 5.32. The molecule has 0 unspecified atom stereocenters. The molecule has 1 aromatic heterocycles. The van der Waals surface area contributed by atoms with Gasteiger partial charge >= 0.3 is 0 Å². The Morgan fingerprint density at radius 3 is 2.59 bits per heavy atom. The Morgan fingerprint density at radius 1 is 1.32 bits per heavy atom. The van der Waals surface area contributed by atoms with Gasteiger partial charge < -0.3 is 9.84 Å². The summed E-state index contributed by atoms with van der Waals surface area (Å²) in [6, 6.07) is 7.86. The summed E-state index contributed by atoms with van der Waals surface area (Å²) in [6.45, 7) is 4.13. The van der Waals surface area contributed by atoms with Gasteiger partial charge in [-0.1, -0.05) is 31.1 Å². The highest BCUT2D eigenvalue weighted by molar-refractivity contribution is 7.90. The lowest BCUT2D eigenvalue weighted by molar-refractivity contribution is 0.0943. The lowest BCUT2D eigenvalue weighted by Gasteiger charge is -2.07. The normalized spacial score (nSPS) is 11.6. The molecule has 1 aromatic carbocycles. The second-order valence-corrected chi connectivity index (χ2v) is 7.31. The number of rotatable bonds is 5. The van der Waals surface area contributed by atoms with Crippen molar-refractivity contribution in [3.63, 3.8) is 0 Å². The second kappa shape index (κ2) is 6.31. The topological polar surface area (TPSA) is 89.3 Å². The number of sulfone groups is 1. The average molecular weight is 322 g/mol. The molecule has 0 aliphatic carbocycles. The van der Waals surface area contributed by atoms with Crippen molar-refractivity contribution in [1.29, 1.82) is 0 Å². The van der Waals surface area contributed by atoms with E-state index in [-0.39, 0.29) is 22.9 Å². The van der Waals surface area contributed by atoms with Crippen LogP contribution in [0.3, 0.4) is 0 Å². The molecular weight excluding hydrogens is 304 g/mol. The van der Waals surface area contributed by atoms with Gasteiger partial charge in [-0.3, -0.25) is 4.79 Å². The Balaban J connectivity index is 2.13. The molecule has 22 heavy (non-hydrogen) atoms. The van der Waals surface area contributed by atoms with Gasteiger partial charge in [0.2, 0.25) is 0 Å². The van der Waals surface area contributed by atoms with Crippen LogP contribution in [0, 0.1) is 0 Å². The fourth-order valence-corrected chi connectivity index (χ4v) is 2.81. The highest BCUT2D eigenvalue weighted by atomic mass is 32.2. The smallest absolute Gasteiger partial charge is 0.252 e. The number of amides is 1. The van der Waals surface area contributed by atoms with Crippen LogP contribution in [-0.2, 0) is 16.4 Å². The molecule has 0 aliphatic heterocycles. The zero-order valence-electron chi connectivity index (χ0n) is 12.7. The first-order valence-electron chi connectivity index (χ1n) is 6.82. The lowest BCUT2D eigenvalue weighted by atomic mass is 10.1. The molecular formula is C15H18N2O4S. The van der Waals surface area contributed by atoms with Gasteiger partial charge in [0.05, 0.1) is 22.7 Å². The SMILES string of the molecule is CC(C)c1cc(CNC(=O)c2ccccc2S(C)(=O)=O)on1. The number of nitrogens with one attached hydrogen (secondary N) is 1. The first-order valence-corrected chi connectivity index (χ1v) is 8.71. The van der Waals surface area contributed by atoms with Gasteiger partial charge in [0, 0.05) is 12.3 Å². The first-order chi connectivity index (χ1) is 10.3. The molecule has 0 saturated heterocycles. The Morgan fingerprint density at radius 2 is 2.00 bits per heavy atom. The van der Waals surface area contributed by atoms with E-state index >= 15 is 0 Å². The van der Waals surface area contributed by atoms with Crippen molar-refractivity contribution < 1.29 is 17.7 Å². The number of hydrogen-bond acceptors (Lipinski definition) is 5. The third-order valence-corrected chi connectivity index (χ3v) is 4.28. The Labute approximate surface area is 129 Å². The average Bonchev–Trinajstić information content (AvgIpc) is 2.93. The number of carbonyl (C=O) groups excluding carboxylic acids is 1. The maximum Gasteiger partial charge on any atom is 0.252 e. The van der Waals surface area contributed by atoms with Crippen molar-refractivity contribution in [3.05, 3.63) is 47.3 Å². The maximum absolute atomic E-state index is 12.2. The predicted octanol–water partition coefficient (Wildman–Crippen LogP) is 2.13. The summed E-state index contributed by atoms with van der Waals surface area (Å²) in [5.74, 6) is 0.288. The summed E-state index contributed by atoms with van der Waals surface area (Å²) in [7, 11) is -3.47. The van der Waals surface area contributed by atoms with Gasteiger partial charge in [-0.05, 0) is 18.1 Å². The molecule has 7 heteroatoms. The molecule has 6 nitrogen and oxygen atoms in total. The number of nitrogens with zero attached hydrogens (tertiary/aromatic N) is 1. The van der Waals surface area contributed by atoms with E-state index in [1.807, 2.05) is 13.8 Å². The predicted molar refractivity (Wildman–Crippen MR) is 81.3 cm³/mol. The van der Waals surface area contributed by atoms with Crippen LogP contribution in [0.5, 0.6) is 0 Å². The van der Waals surface area contributed by atoms with E-state index in [0.29, 0.717) is 5.76 Å². The van der Waals surface area contributed by atoms with Crippen LogP contribution in [0.2, 0.25) is 0 Å². The van der Waals surface area contributed by atoms with Gasteiger partial charge in [-0.15, -0.1) is 0 Å². The number of carbonyl (C=O) groups is 1. The molecule has 0 spiro atoms. The van der Waals surface area contributed by atoms with E-state index in [0.717, 1.165) is 11.9 Å². The van der Waals surface area contributed by atoms with Crippen molar-refractivity contribution in [2.45, 2.75) is 31.2 Å². The molecule has 1 N–H and O–H groups in total. The van der Waals surface area contributed by atoms with Gasteiger partial charge in [0.1, 0.15) is 0 Å². The van der Waals surface area contributed by atoms with Gasteiger partial charge in [-0.25, -0.2) is 8.42 Å². The molecule has 118 valence electrons. The van der Waals surface area contributed by atoms with Crippen LogP contribution >= 0.6 is 0 Å². The fraction of sp³-hybridized carbons (Fsp3) is 0.333. The van der Waals surface area contributed by atoms with E-state index in [9.17, 15) is 13.2 Å². The van der Waals surface area contributed by atoms with E-state index in [4.69, 9.17) is 4.52 Å². The summed E-state index contributed by atoms with van der Waals surface area (Å²) in [6.07, 6.45) is 1.07. The van der Waals surface area contributed by atoms with Crippen molar-refractivity contribution in [2.75, 3.05) is 6.26 Å². The van der Waals surface area contributed by atoms with Crippen LogP contribution in [0.15, 0.2) is 39.8 Å². The fourth-order valence-electron chi connectivity index (χ4n) is 1.92. The third kappa shape index (κ3) is 3.73. The molecule has 1 amide bonds. The number of hydrogen-bond donors (Lipinski definition) is 1. The third-order valence-electron chi connectivity index (χ3n) is 3.12. The van der Waals surface area contributed by atoms with E-state index in [1.165, 1.54) is 12.1 Å². The zero-order chi connectivity index (χ0) is 16.3. The van der Waals surface area contributed by atoms with Crippen molar-refractivity contribution in [1.82, 2.24) is 10.5 Å². The highest BCUT2D eigenvalue weighted by Crippen LogP contribution is 2.16. The minimum atomic E-state index is -3.47. The summed E-state index contributed by atoms with van der Waals surface area (Å²) in [5, 5.41) is 6.54. The lowest BCUT2D eigenvalue weighted by Crippen LogP contribution is -2.24. The minimum absolute atomic E-state index is 0.00735. The van der Waals surface area contributed by atoms with Gasteiger partial charge in [-0.2, -0.15) is 0 Å². The van der Waals surface area contributed by atoms with Gasteiger partial charge in [0.25, 0.3) is 5.91 Å². The molecule has 2 rings (SSSR count). The van der Waals surface area contributed by atoms with Crippen LogP contribution in [0.1, 0.15) is 41.6 Å². The van der Waals surface area contributed by atoms with Crippen LogP contribution < -0.4 is 5.32 Å². The monoisotopic (exact) mass is 322 g/mol. The van der Waals surface area contributed by atoms with Crippen molar-refractivity contribution in [2.24, 2.45) is 0 Å². The quantitative estimate of drug-likeness (QED) is 0.911. The Kier molecular flexibility index (Phi) is 4.65. The molecule has 0 aliphatic rings. The van der Waals surface area contributed by atoms with E-state index in [1.54, 1.807) is 18.2 Å². The molecule has 0 atom stereocenters. The van der Waals surface area contributed by atoms with Crippen molar-refractivity contribution >= 4 is 15.7 Å². The Hall–Kier alpha value is -2.15. The molecule has 2 aromatic rings. The summed E-state index contributed by atoms with van der Waals surface area (Å²) >= 11 is 0. The van der Waals surface area contributed by atoms with Crippen LogP contribution in [0.25, 0.3) is 0 Å². The van der Waals surface area contributed by atoms with Crippen LogP contribution in [0.4, 0.5) is 0 Å². The molecule has 0 saturated carbocycles. The van der Waals surface area contributed by atoms with E-state index in [2.05, 4.69) is 10.5 Å². The zero-order valence-corrected chi connectivity index (χ0v) is 13.5. The van der Waals surface area contributed by atoms with Gasteiger partial charge in [0.15, 0.2) is 15.6 Å². The van der Waals surface area contributed by atoms with E-state index < -0.39 is 15.7 Å². The number of benzene rings is 1. The molecule has 0 bridgehead atoms. The largest absolute Gasteiger partial charge is 0.359 e.